The first-order valence-electron chi connectivity index (χ1n) is 3.43. The zero-order valence-electron chi connectivity index (χ0n) is 5.94. The molecule has 56 valence electrons. The third-order valence-corrected chi connectivity index (χ3v) is 1.32. The Kier molecular flexibility index (Phi) is 1.53. The molecule has 1 N–H and O–H groups in total. The molecule has 2 rings (SSSR count). The molecule has 0 spiro atoms. The van der Waals surface area contributed by atoms with Gasteiger partial charge < -0.3 is 0 Å². The van der Waals surface area contributed by atoms with Crippen LogP contribution in [0.1, 0.15) is 0 Å². The number of hydrogen-bond acceptors (Lipinski definition) is 3. The van der Waals surface area contributed by atoms with Gasteiger partial charge in [0.15, 0.2) is 0 Å². The highest BCUT2D eigenvalue weighted by Crippen LogP contribution is 2.11. The second kappa shape index (κ2) is 2.67. The minimum Gasteiger partial charge on any atom is -0.193 e. The van der Waals surface area contributed by atoms with Gasteiger partial charge in [-0.15, -0.1) is 5.11 Å². The van der Waals surface area contributed by atoms with Gasteiger partial charge in [0.25, 0.3) is 0 Å². The smallest absolute Gasteiger partial charge is 0.123 e. The predicted octanol–water partition coefficient (Wildman–Crippen LogP) is 1.46. The average Bonchev–Trinajstić information content (AvgIpc) is 2.86. The van der Waals surface area contributed by atoms with Gasteiger partial charge in [0.05, 0.1) is 5.69 Å². The molecule has 0 unspecified atom stereocenters. The summed E-state index contributed by atoms with van der Waals surface area (Å²) in [6.45, 7) is 0.802. The van der Waals surface area contributed by atoms with Gasteiger partial charge in [-0.25, -0.2) is 0 Å². The summed E-state index contributed by atoms with van der Waals surface area (Å²) < 4.78 is 0. The number of nitrogens with zero attached hydrogens (tertiary/aromatic N) is 3. The molecule has 11 heavy (non-hydrogen) atoms. The van der Waals surface area contributed by atoms with Crippen molar-refractivity contribution in [3.8, 4) is 0 Å². The molecule has 1 aliphatic rings. The van der Waals surface area contributed by atoms with Crippen LogP contribution in [0.25, 0.3) is 0 Å². The van der Waals surface area contributed by atoms with Gasteiger partial charge in [-0.3, -0.25) is 0 Å². The van der Waals surface area contributed by atoms with Crippen LogP contribution in [-0.4, -0.2) is 11.8 Å². The van der Waals surface area contributed by atoms with E-state index in [-0.39, 0.29) is 0 Å². The second-order valence-electron chi connectivity index (χ2n) is 2.24. The standard InChI is InChI=1S/C7H8N4/c1-2-4-7(5-3-1)9-10-11-6-8-11/h1-5,8H,6H2. The molecular weight excluding hydrogens is 140 g/mol. The maximum Gasteiger partial charge on any atom is 0.123 e. The fourth-order valence-corrected chi connectivity index (χ4v) is 0.695. The zero-order valence-corrected chi connectivity index (χ0v) is 5.94. The molecule has 1 heterocycles. The number of nitrogens with one attached hydrogen (secondary N) is 1. The Balaban J connectivity index is 2.05. The largest absolute Gasteiger partial charge is 0.193 e. The maximum atomic E-state index is 3.96. The molecule has 1 saturated heterocycles. The lowest BCUT2D eigenvalue weighted by Crippen LogP contribution is -1.83. The molecule has 0 saturated carbocycles. The van der Waals surface area contributed by atoms with E-state index < -0.39 is 0 Å². The number of hydrogen-bond donors (Lipinski definition) is 1. The quantitative estimate of drug-likeness (QED) is 0.510. The van der Waals surface area contributed by atoms with E-state index >= 15 is 0 Å². The molecule has 1 aliphatic heterocycles. The molecule has 0 aliphatic carbocycles. The van der Waals surface area contributed by atoms with E-state index in [4.69, 9.17) is 0 Å². The maximum absolute atomic E-state index is 3.96. The van der Waals surface area contributed by atoms with E-state index in [0.29, 0.717) is 0 Å². The van der Waals surface area contributed by atoms with Crippen molar-refractivity contribution < 1.29 is 0 Å². The van der Waals surface area contributed by atoms with Gasteiger partial charge in [-0.1, -0.05) is 23.4 Å². The average molecular weight is 148 g/mol. The third-order valence-electron chi connectivity index (χ3n) is 1.32. The second-order valence-corrected chi connectivity index (χ2v) is 2.24. The van der Waals surface area contributed by atoms with Crippen LogP contribution in [0.3, 0.4) is 0 Å². The van der Waals surface area contributed by atoms with Crippen molar-refractivity contribution in [3.63, 3.8) is 0 Å². The van der Waals surface area contributed by atoms with Crippen molar-refractivity contribution in [1.29, 1.82) is 0 Å². The Morgan fingerprint density at radius 3 is 2.64 bits per heavy atom. The lowest BCUT2D eigenvalue weighted by molar-refractivity contribution is 0.515. The Hall–Kier alpha value is -1.42. The van der Waals surface area contributed by atoms with Crippen LogP contribution in [-0.2, 0) is 0 Å². The monoisotopic (exact) mass is 148 g/mol. The zero-order chi connectivity index (χ0) is 7.52. The van der Waals surface area contributed by atoms with E-state index in [9.17, 15) is 0 Å². The van der Waals surface area contributed by atoms with Crippen LogP contribution in [0.5, 0.6) is 0 Å². The Morgan fingerprint density at radius 2 is 2.00 bits per heavy atom. The summed E-state index contributed by atoms with van der Waals surface area (Å²) in [7, 11) is 0. The van der Waals surface area contributed by atoms with Crippen LogP contribution in [0.15, 0.2) is 40.7 Å². The fraction of sp³-hybridized carbons (Fsp3) is 0.143. The van der Waals surface area contributed by atoms with E-state index in [1.165, 1.54) is 0 Å². The first-order chi connectivity index (χ1) is 5.45. The number of benzene rings is 1. The highest BCUT2D eigenvalue weighted by atomic mass is 15.9. The van der Waals surface area contributed by atoms with Crippen LogP contribution < -0.4 is 5.43 Å². The van der Waals surface area contributed by atoms with Gasteiger partial charge in [-0.2, -0.15) is 10.5 Å². The van der Waals surface area contributed by atoms with Gasteiger partial charge in [0.1, 0.15) is 6.67 Å². The van der Waals surface area contributed by atoms with Crippen LogP contribution in [0, 0.1) is 0 Å². The predicted molar refractivity (Wildman–Crippen MR) is 40.8 cm³/mol. The van der Waals surface area contributed by atoms with Crippen LogP contribution >= 0.6 is 0 Å². The van der Waals surface area contributed by atoms with Gasteiger partial charge in [0.2, 0.25) is 0 Å². The van der Waals surface area contributed by atoms with Gasteiger partial charge >= 0.3 is 0 Å². The first-order valence-corrected chi connectivity index (χ1v) is 3.43. The molecular formula is C7H8N4. The van der Waals surface area contributed by atoms with Gasteiger partial charge in [-0.05, 0) is 12.1 Å². The van der Waals surface area contributed by atoms with Crippen molar-refractivity contribution in [1.82, 2.24) is 10.5 Å². The van der Waals surface area contributed by atoms with E-state index in [1.54, 1.807) is 5.12 Å². The summed E-state index contributed by atoms with van der Waals surface area (Å²) >= 11 is 0. The summed E-state index contributed by atoms with van der Waals surface area (Å²) in [5, 5.41) is 9.47. The van der Waals surface area contributed by atoms with Gasteiger partial charge in [0, 0.05) is 0 Å². The van der Waals surface area contributed by atoms with E-state index in [2.05, 4.69) is 15.8 Å². The van der Waals surface area contributed by atoms with Crippen molar-refractivity contribution in [2.45, 2.75) is 0 Å². The highest BCUT2D eigenvalue weighted by molar-refractivity contribution is 5.34. The lowest BCUT2D eigenvalue weighted by atomic mass is 10.3. The van der Waals surface area contributed by atoms with E-state index in [1.807, 2.05) is 30.3 Å². The van der Waals surface area contributed by atoms with Crippen LogP contribution in [0.4, 0.5) is 5.69 Å². The highest BCUT2D eigenvalue weighted by Gasteiger charge is 2.11. The molecule has 0 bridgehead atoms. The molecule has 1 aromatic rings. The summed E-state index contributed by atoms with van der Waals surface area (Å²) in [4.78, 5) is 0. The van der Waals surface area contributed by atoms with Crippen molar-refractivity contribution >= 4 is 5.69 Å². The molecule has 0 atom stereocenters. The normalized spacial score (nSPS) is 15.8. The molecule has 4 heteroatoms. The number of hydrazine groups is 1. The van der Waals surface area contributed by atoms with Crippen molar-refractivity contribution in [3.05, 3.63) is 30.3 Å². The summed E-state index contributed by atoms with van der Waals surface area (Å²) in [6.07, 6.45) is 0. The SMILES string of the molecule is c1ccc(N=NN2CN2)cc1. The third kappa shape index (κ3) is 1.75. The molecule has 0 aromatic heterocycles. The minimum absolute atomic E-state index is 0.802. The Morgan fingerprint density at radius 1 is 1.27 bits per heavy atom. The molecule has 1 fully saturated rings. The first kappa shape index (κ1) is 6.30. The Labute approximate surface area is 64.5 Å². The molecule has 0 radical (unpaired) electrons. The van der Waals surface area contributed by atoms with Crippen molar-refractivity contribution in [2.24, 2.45) is 10.3 Å². The minimum atomic E-state index is 0.802. The fourth-order valence-electron chi connectivity index (χ4n) is 0.695. The summed E-state index contributed by atoms with van der Waals surface area (Å²) in [5.41, 5.74) is 3.75. The van der Waals surface area contributed by atoms with Crippen LogP contribution in [0.2, 0.25) is 0 Å². The molecule has 0 amide bonds. The van der Waals surface area contributed by atoms with E-state index in [0.717, 1.165) is 12.4 Å². The molecule has 1 aromatic carbocycles. The summed E-state index contributed by atoms with van der Waals surface area (Å²) in [5.74, 6) is 0. The number of rotatable bonds is 2. The topological polar surface area (TPSA) is 49.7 Å². The molecule has 4 nitrogen and oxygen atoms in total. The summed E-state index contributed by atoms with van der Waals surface area (Å²) in [6, 6.07) is 9.64. The van der Waals surface area contributed by atoms with Crippen molar-refractivity contribution in [2.75, 3.05) is 6.67 Å². The lowest BCUT2D eigenvalue weighted by Gasteiger charge is -1.88. The Bertz CT molecular complexity index is 252.